The summed E-state index contributed by atoms with van der Waals surface area (Å²) < 4.78 is 20.2. The lowest BCUT2D eigenvalue weighted by Crippen LogP contribution is -2.12. The van der Waals surface area contributed by atoms with E-state index in [2.05, 4.69) is 10.4 Å². The smallest absolute Gasteiger partial charge is 0.255 e. The van der Waals surface area contributed by atoms with Gasteiger partial charge in [-0.25, -0.2) is 9.07 Å². The molecule has 1 N–H and O–H groups in total. The zero-order chi connectivity index (χ0) is 20.9. The van der Waals surface area contributed by atoms with Crippen LogP contribution >= 0.6 is 11.6 Å². The molecule has 0 atom stereocenters. The number of amides is 1. The van der Waals surface area contributed by atoms with Crippen LogP contribution in [0.4, 0.5) is 10.1 Å². The Bertz CT molecular complexity index is 1140. The summed E-state index contributed by atoms with van der Waals surface area (Å²) >= 11 is 5.88. The van der Waals surface area contributed by atoms with E-state index in [4.69, 9.17) is 16.3 Å². The average Bonchev–Trinajstić information content (AvgIpc) is 3.20. The maximum absolute atomic E-state index is 12.9. The van der Waals surface area contributed by atoms with Gasteiger partial charge in [0.15, 0.2) is 0 Å². The van der Waals surface area contributed by atoms with Gasteiger partial charge in [-0.3, -0.25) is 4.79 Å². The van der Waals surface area contributed by atoms with Crippen molar-refractivity contribution in [2.45, 2.75) is 6.61 Å². The van der Waals surface area contributed by atoms with E-state index < -0.39 is 0 Å². The Hall–Kier alpha value is -3.64. The number of benzene rings is 3. The Morgan fingerprint density at radius 2 is 1.70 bits per heavy atom. The molecule has 30 heavy (non-hydrogen) atoms. The van der Waals surface area contributed by atoms with Gasteiger partial charge >= 0.3 is 0 Å². The number of ether oxygens (including phenoxy) is 1. The largest absolute Gasteiger partial charge is 0.489 e. The molecule has 5 nitrogen and oxygen atoms in total. The van der Waals surface area contributed by atoms with Crippen molar-refractivity contribution in [1.82, 2.24) is 9.78 Å². The van der Waals surface area contributed by atoms with Gasteiger partial charge in [0.05, 0.1) is 16.9 Å². The summed E-state index contributed by atoms with van der Waals surface area (Å²) in [6.45, 7) is 0.326. The molecule has 0 aliphatic carbocycles. The Kier molecular flexibility index (Phi) is 5.77. The average molecular weight is 422 g/mol. The topological polar surface area (TPSA) is 56.2 Å². The molecule has 0 saturated carbocycles. The van der Waals surface area contributed by atoms with Crippen LogP contribution in [0.3, 0.4) is 0 Å². The fourth-order valence-electron chi connectivity index (χ4n) is 2.79. The van der Waals surface area contributed by atoms with Gasteiger partial charge in [-0.15, -0.1) is 0 Å². The number of aromatic nitrogens is 2. The Morgan fingerprint density at radius 1 is 1.00 bits per heavy atom. The van der Waals surface area contributed by atoms with E-state index in [0.29, 0.717) is 28.6 Å². The molecule has 0 fully saturated rings. The molecule has 0 unspecified atom stereocenters. The van der Waals surface area contributed by atoms with E-state index in [1.807, 2.05) is 24.3 Å². The van der Waals surface area contributed by atoms with E-state index in [1.165, 1.54) is 12.1 Å². The van der Waals surface area contributed by atoms with Crippen LogP contribution in [0.1, 0.15) is 15.9 Å². The summed E-state index contributed by atoms with van der Waals surface area (Å²) in [5, 5.41) is 7.56. The first-order valence-corrected chi connectivity index (χ1v) is 9.54. The number of carbonyl (C=O) groups excluding carboxylic acids is 1. The molecule has 1 amide bonds. The fraction of sp³-hybridized carbons (Fsp3) is 0.0435. The predicted octanol–water partition coefficient (Wildman–Crippen LogP) is 5.50. The van der Waals surface area contributed by atoms with Crippen molar-refractivity contribution in [2.24, 2.45) is 0 Å². The van der Waals surface area contributed by atoms with E-state index in [1.54, 1.807) is 53.5 Å². The number of rotatable bonds is 6. The molecule has 0 spiro atoms. The summed E-state index contributed by atoms with van der Waals surface area (Å²) in [5.41, 5.74) is 2.94. The van der Waals surface area contributed by atoms with Crippen molar-refractivity contribution in [3.8, 4) is 11.4 Å². The zero-order valence-electron chi connectivity index (χ0n) is 15.8. The van der Waals surface area contributed by atoms with Gasteiger partial charge in [0, 0.05) is 17.4 Å². The summed E-state index contributed by atoms with van der Waals surface area (Å²) in [4.78, 5) is 12.5. The molecular weight excluding hydrogens is 405 g/mol. The predicted molar refractivity (Wildman–Crippen MR) is 114 cm³/mol. The minimum Gasteiger partial charge on any atom is -0.489 e. The molecular formula is C23H17ClFN3O2. The van der Waals surface area contributed by atoms with E-state index >= 15 is 0 Å². The van der Waals surface area contributed by atoms with Crippen molar-refractivity contribution >= 4 is 23.2 Å². The molecule has 1 heterocycles. The van der Waals surface area contributed by atoms with Crippen LogP contribution in [-0.2, 0) is 6.61 Å². The van der Waals surface area contributed by atoms with Crippen molar-refractivity contribution < 1.29 is 13.9 Å². The molecule has 4 aromatic rings. The van der Waals surface area contributed by atoms with Gasteiger partial charge in [-0.2, -0.15) is 5.10 Å². The first-order valence-electron chi connectivity index (χ1n) is 9.16. The second-order valence-electron chi connectivity index (χ2n) is 6.54. The number of nitrogens with one attached hydrogen (secondary N) is 1. The molecule has 150 valence electrons. The normalized spacial score (nSPS) is 10.6. The number of carbonyl (C=O) groups is 1. The number of halogens is 2. The molecule has 0 aliphatic rings. The Labute approximate surface area is 177 Å². The molecule has 0 saturated heterocycles. The highest BCUT2D eigenvalue weighted by Gasteiger charge is 2.07. The van der Waals surface area contributed by atoms with Gasteiger partial charge in [0.25, 0.3) is 5.91 Å². The molecule has 1 aromatic heterocycles. The van der Waals surface area contributed by atoms with Gasteiger partial charge in [0.2, 0.25) is 0 Å². The van der Waals surface area contributed by atoms with Crippen molar-refractivity contribution in [1.29, 1.82) is 0 Å². The van der Waals surface area contributed by atoms with Crippen LogP contribution in [0.5, 0.6) is 5.75 Å². The van der Waals surface area contributed by atoms with Crippen LogP contribution in [-0.4, -0.2) is 15.7 Å². The molecule has 4 rings (SSSR count). The number of anilines is 1. The SMILES string of the molecule is O=C(Nc1ccc(-n2cc(Cl)cn2)cc1)c1ccc(COc2ccc(F)cc2)cc1. The van der Waals surface area contributed by atoms with E-state index in [0.717, 1.165) is 11.3 Å². The highest BCUT2D eigenvalue weighted by Crippen LogP contribution is 2.17. The van der Waals surface area contributed by atoms with Crippen LogP contribution in [0.2, 0.25) is 5.02 Å². The van der Waals surface area contributed by atoms with Crippen molar-refractivity contribution in [2.75, 3.05) is 5.32 Å². The standard InChI is InChI=1S/C23H17ClFN3O2/c24-18-13-26-28(14-18)21-9-7-20(8-10-21)27-23(29)17-3-1-16(2-4-17)15-30-22-11-5-19(25)6-12-22/h1-14H,15H2,(H,27,29). The van der Waals surface area contributed by atoms with Crippen LogP contribution < -0.4 is 10.1 Å². The van der Waals surface area contributed by atoms with Crippen LogP contribution in [0, 0.1) is 5.82 Å². The van der Waals surface area contributed by atoms with Crippen molar-refractivity contribution in [3.63, 3.8) is 0 Å². The van der Waals surface area contributed by atoms with Gasteiger partial charge in [-0.1, -0.05) is 23.7 Å². The lowest BCUT2D eigenvalue weighted by atomic mass is 10.1. The van der Waals surface area contributed by atoms with E-state index in [-0.39, 0.29) is 11.7 Å². The molecule has 3 aromatic carbocycles. The fourth-order valence-corrected chi connectivity index (χ4v) is 2.93. The van der Waals surface area contributed by atoms with Crippen LogP contribution in [0.15, 0.2) is 85.2 Å². The number of hydrogen-bond acceptors (Lipinski definition) is 3. The lowest BCUT2D eigenvalue weighted by molar-refractivity contribution is 0.102. The first-order chi connectivity index (χ1) is 14.6. The highest BCUT2D eigenvalue weighted by molar-refractivity contribution is 6.30. The molecule has 0 bridgehead atoms. The third-order valence-corrected chi connectivity index (χ3v) is 4.57. The second-order valence-corrected chi connectivity index (χ2v) is 6.98. The summed E-state index contributed by atoms with van der Waals surface area (Å²) in [5.74, 6) is 0.0630. The third kappa shape index (κ3) is 4.85. The number of nitrogens with zero attached hydrogens (tertiary/aromatic N) is 2. The second kappa shape index (κ2) is 8.80. The van der Waals surface area contributed by atoms with Crippen molar-refractivity contribution in [3.05, 3.63) is 107 Å². The molecule has 0 aliphatic heterocycles. The molecule has 0 radical (unpaired) electrons. The Balaban J connectivity index is 1.34. The minimum absolute atomic E-state index is 0.212. The molecule has 7 heteroatoms. The number of hydrogen-bond donors (Lipinski definition) is 1. The summed E-state index contributed by atoms with van der Waals surface area (Å²) in [7, 11) is 0. The lowest BCUT2D eigenvalue weighted by Gasteiger charge is -2.09. The van der Waals surface area contributed by atoms with Gasteiger partial charge in [0.1, 0.15) is 18.2 Å². The minimum atomic E-state index is -0.307. The monoisotopic (exact) mass is 421 g/mol. The third-order valence-electron chi connectivity index (χ3n) is 4.38. The van der Waals surface area contributed by atoms with Gasteiger partial charge < -0.3 is 10.1 Å². The highest BCUT2D eigenvalue weighted by atomic mass is 35.5. The maximum Gasteiger partial charge on any atom is 0.255 e. The Morgan fingerprint density at radius 3 is 2.33 bits per heavy atom. The maximum atomic E-state index is 12.9. The summed E-state index contributed by atoms with van der Waals surface area (Å²) in [6.07, 6.45) is 3.27. The van der Waals surface area contributed by atoms with Gasteiger partial charge in [-0.05, 0) is 66.2 Å². The van der Waals surface area contributed by atoms with Crippen LogP contribution in [0.25, 0.3) is 5.69 Å². The summed E-state index contributed by atoms with van der Waals surface area (Å²) in [6, 6.07) is 20.2. The van der Waals surface area contributed by atoms with E-state index in [9.17, 15) is 9.18 Å². The first kappa shape index (κ1) is 19.7. The quantitative estimate of drug-likeness (QED) is 0.447. The zero-order valence-corrected chi connectivity index (χ0v) is 16.5.